The molecule has 2 unspecified atom stereocenters. The first-order chi connectivity index (χ1) is 9.93. The van der Waals surface area contributed by atoms with Crippen molar-refractivity contribution in [2.75, 3.05) is 11.4 Å². The Kier molecular flexibility index (Phi) is 4.25. The number of hydrogen-bond donors (Lipinski definition) is 2. The molecule has 0 saturated carbocycles. The molecular weight excluding hydrogens is 274 g/mol. The lowest BCUT2D eigenvalue weighted by molar-refractivity contribution is -0.385. The van der Waals surface area contributed by atoms with Gasteiger partial charge in [-0.25, -0.2) is 4.98 Å². The minimum Gasteiger partial charge on any atom is -0.409 e. The van der Waals surface area contributed by atoms with Gasteiger partial charge in [0.15, 0.2) is 5.84 Å². The summed E-state index contributed by atoms with van der Waals surface area (Å²) in [5.41, 5.74) is 5.76. The number of aromatic nitrogens is 1. The average Bonchev–Trinajstić information content (AvgIpc) is 2.46. The third-order valence-corrected chi connectivity index (χ3v) is 3.86. The van der Waals surface area contributed by atoms with Crippen LogP contribution >= 0.6 is 0 Å². The van der Waals surface area contributed by atoms with E-state index in [1.54, 1.807) is 0 Å². The van der Waals surface area contributed by atoms with Gasteiger partial charge in [0.1, 0.15) is 12.0 Å². The quantitative estimate of drug-likeness (QED) is 0.288. The van der Waals surface area contributed by atoms with Crippen molar-refractivity contribution in [1.82, 2.24) is 4.98 Å². The molecule has 8 heteroatoms. The molecule has 0 aromatic carbocycles. The number of oxime groups is 1. The number of piperidine rings is 1. The molecule has 0 bridgehead atoms. The number of rotatable bonds is 3. The Morgan fingerprint density at radius 1 is 1.62 bits per heavy atom. The Labute approximate surface area is 122 Å². The third-order valence-electron chi connectivity index (χ3n) is 3.86. The molecule has 0 spiro atoms. The molecule has 1 aromatic rings. The van der Waals surface area contributed by atoms with Gasteiger partial charge in [-0.3, -0.25) is 10.1 Å². The second-order valence-electron chi connectivity index (χ2n) is 5.48. The fraction of sp³-hybridized carbons (Fsp3) is 0.538. The van der Waals surface area contributed by atoms with Crippen LogP contribution in [0, 0.1) is 16.0 Å². The van der Waals surface area contributed by atoms with E-state index in [2.05, 4.69) is 28.9 Å². The molecule has 2 atom stereocenters. The Morgan fingerprint density at radius 3 is 2.90 bits per heavy atom. The zero-order valence-electron chi connectivity index (χ0n) is 12.1. The number of nitrogens with zero attached hydrogens (tertiary/aromatic N) is 4. The van der Waals surface area contributed by atoms with E-state index in [1.807, 2.05) is 0 Å². The predicted molar refractivity (Wildman–Crippen MR) is 78.6 cm³/mol. The van der Waals surface area contributed by atoms with Gasteiger partial charge in [0.2, 0.25) is 0 Å². The first-order valence-corrected chi connectivity index (χ1v) is 6.83. The van der Waals surface area contributed by atoms with Crippen molar-refractivity contribution in [1.29, 1.82) is 0 Å². The first-order valence-electron chi connectivity index (χ1n) is 6.83. The van der Waals surface area contributed by atoms with E-state index < -0.39 is 4.92 Å². The lowest BCUT2D eigenvalue weighted by atomic mass is 9.93. The number of nitrogens with two attached hydrogens (primary N) is 1. The number of amidine groups is 1. The zero-order chi connectivity index (χ0) is 15.6. The number of anilines is 1. The summed E-state index contributed by atoms with van der Waals surface area (Å²) >= 11 is 0. The second-order valence-corrected chi connectivity index (χ2v) is 5.48. The van der Waals surface area contributed by atoms with E-state index in [0.717, 1.165) is 19.4 Å². The van der Waals surface area contributed by atoms with Gasteiger partial charge < -0.3 is 15.8 Å². The van der Waals surface area contributed by atoms with Crippen molar-refractivity contribution in [3.05, 3.63) is 27.9 Å². The molecule has 3 N–H and O–H groups in total. The highest BCUT2D eigenvalue weighted by molar-refractivity contribution is 6.02. The summed E-state index contributed by atoms with van der Waals surface area (Å²) in [5.74, 6) is 0.976. The molecule has 1 aliphatic heterocycles. The molecule has 1 saturated heterocycles. The second kappa shape index (κ2) is 5.94. The Hall–Kier alpha value is -2.38. The lowest BCUT2D eigenvalue weighted by Gasteiger charge is -2.38. The largest absolute Gasteiger partial charge is 0.409 e. The number of hydrogen-bond acceptors (Lipinski definition) is 6. The molecular formula is C13H19N5O3. The molecule has 0 amide bonds. The van der Waals surface area contributed by atoms with E-state index in [0.29, 0.717) is 11.7 Å². The highest BCUT2D eigenvalue weighted by atomic mass is 16.6. The van der Waals surface area contributed by atoms with E-state index in [-0.39, 0.29) is 23.1 Å². The fourth-order valence-electron chi connectivity index (χ4n) is 2.74. The summed E-state index contributed by atoms with van der Waals surface area (Å²) < 4.78 is 0. The van der Waals surface area contributed by atoms with Crippen LogP contribution in [0.4, 0.5) is 11.5 Å². The zero-order valence-corrected chi connectivity index (χ0v) is 12.1. The molecule has 1 aliphatic rings. The summed E-state index contributed by atoms with van der Waals surface area (Å²) in [6.45, 7) is 5.06. The van der Waals surface area contributed by atoms with Crippen LogP contribution in [0.15, 0.2) is 17.4 Å². The Bertz CT molecular complexity index is 575. The Morgan fingerprint density at radius 2 is 2.33 bits per heavy atom. The van der Waals surface area contributed by atoms with Crippen LogP contribution < -0.4 is 10.6 Å². The van der Waals surface area contributed by atoms with Crippen LogP contribution in [0.25, 0.3) is 0 Å². The minimum absolute atomic E-state index is 0.174. The summed E-state index contributed by atoms with van der Waals surface area (Å²) in [5, 5.41) is 22.7. The van der Waals surface area contributed by atoms with Gasteiger partial charge >= 0.3 is 0 Å². The summed E-state index contributed by atoms with van der Waals surface area (Å²) in [7, 11) is 0. The van der Waals surface area contributed by atoms with E-state index in [4.69, 9.17) is 10.9 Å². The first kappa shape index (κ1) is 15.0. The van der Waals surface area contributed by atoms with E-state index in [1.165, 1.54) is 12.3 Å². The maximum Gasteiger partial charge on any atom is 0.288 e. The normalized spacial score (nSPS) is 23.1. The van der Waals surface area contributed by atoms with Gasteiger partial charge in [0, 0.05) is 18.7 Å². The Balaban J connectivity index is 2.45. The molecule has 0 radical (unpaired) electrons. The van der Waals surface area contributed by atoms with Gasteiger partial charge in [0.05, 0.1) is 10.5 Å². The van der Waals surface area contributed by atoms with Crippen molar-refractivity contribution in [3.63, 3.8) is 0 Å². The third kappa shape index (κ3) is 3.04. The molecule has 1 aromatic heterocycles. The predicted octanol–water partition coefficient (Wildman–Crippen LogP) is 1.71. The molecule has 2 heterocycles. The standard InChI is InChI=1S/C13H19N5O3/c1-8-3-4-17(9(2)5-8)13-11(12(14)16-19)6-10(7-15-13)18(20)21/h6-9,19H,3-5H2,1-2H3,(H2,14,16). The monoisotopic (exact) mass is 293 g/mol. The minimum atomic E-state index is -0.549. The van der Waals surface area contributed by atoms with Crippen molar-refractivity contribution >= 4 is 17.3 Å². The average molecular weight is 293 g/mol. The molecule has 114 valence electrons. The molecule has 2 rings (SSSR count). The molecule has 21 heavy (non-hydrogen) atoms. The van der Waals surface area contributed by atoms with E-state index in [9.17, 15) is 10.1 Å². The highest BCUT2D eigenvalue weighted by Crippen LogP contribution is 2.30. The van der Waals surface area contributed by atoms with Crippen LogP contribution in [0.3, 0.4) is 0 Å². The van der Waals surface area contributed by atoms with E-state index >= 15 is 0 Å². The maximum absolute atomic E-state index is 10.9. The van der Waals surface area contributed by atoms with Crippen molar-refractivity contribution in [2.24, 2.45) is 16.8 Å². The summed E-state index contributed by atoms with van der Waals surface area (Å²) in [6.07, 6.45) is 3.22. The fourth-order valence-corrected chi connectivity index (χ4v) is 2.74. The van der Waals surface area contributed by atoms with Crippen LogP contribution in [0.1, 0.15) is 32.3 Å². The molecule has 8 nitrogen and oxygen atoms in total. The molecule has 1 fully saturated rings. The van der Waals surface area contributed by atoms with Crippen LogP contribution in [-0.2, 0) is 0 Å². The molecule has 0 aliphatic carbocycles. The SMILES string of the molecule is CC1CCN(c2ncc([N+](=O)[O-])cc2C(N)=NO)C(C)C1. The maximum atomic E-state index is 10.9. The van der Waals surface area contributed by atoms with Crippen LogP contribution in [-0.4, -0.2) is 33.5 Å². The van der Waals surface area contributed by atoms with Gasteiger partial charge in [-0.15, -0.1) is 0 Å². The van der Waals surface area contributed by atoms with Crippen LogP contribution in [0.5, 0.6) is 0 Å². The van der Waals surface area contributed by atoms with Gasteiger partial charge in [-0.2, -0.15) is 0 Å². The summed E-state index contributed by atoms with van der Waals surface area (Å²) in [6, 6.07) is 1.54. The van der Waals surface area contributed by atoms with Crippen molar-refractivity contribution in [3.8, 4) is 0 Å². The van der Waals surface area contributed by atoms with Crippen molar-refractivity contribution in [2.45, 2.75) is 32.7 Å². The van der Waals surface area contributed by atoms with Gasteiger partial charge in [-0.1, -0.05) is 12.1 Å². The smallest absolute Gasteiger partial charge is 0.288 e. The van der Waals surface area contributed by atoms with Crippen LogP contribution in [0.2, 0.25) is 0 Å². The number of nitro groups is 1. The number of pyridine rings is 1. The van der Waals surface area contributed by atoms with Crippen molar-refractivity contribution < 1.29 is 10.1 Å². The topological polar surface area (TPSA) is 118 Å². The highest BCUT2D eigenvalue weighted by Gasteiger charge is 2.27. The van der Waals surface area contributed by atoms with Gasteiger partial charge in [-0.05, 0) is 25.7 Å². The summed E-state index contributed by atoms with van der Waals surface area (Å²) in [4.78, 5) is 16.6. The van der Waals surface area contributed by atoms with Gasteiger partial charge in [0.25, 0.3) is 5.69 Å². The lowest BCUT2D eigenvalue weighted by Crippen LogP contribution is -2.41.